The molecule has 0 atom stereocenters. The van der Waals surface area contributed by atoms with Crippen molar-refractivity contribution in [3.8, 4) is 56.0 Å². The average molecular weight is 704 g/mol. The third-order valence-electron chi connectivity index (χ3n) is 10.3. The fourth-order valence-corrected chi connectivity index (χ4v) is 7.44. The van der Waals surface area contributed by atoms with E-state index in [4.69, 9.17) is 9.97 Å². The molecule has 2 aromatic heterocycles. The molecule has 0 aliphatic rings. The Balaban J connectivity index is 1.10. The van der Waals surface area contributed by atoms with E-state index < -0.39 is 0 Å². The molecule has 0 spiro atoms. The minimum absolute atomic E-state index is 0.655. The van der Waals surface area contributed by atoms with Gasteiger partial charge in [-0.25, -0.2) is 9.97 Å². The van der Waals surface area contributed by atoms with Crippen molar-refractivity contribution >= 4 is 33.2 Å². The largest absolute Gasteiger partial charge is 0.263 e. The van der Waals surface area contributed by atoms with E-state index in [9.17, 15) is 0 Å². The van der Waals surface area contributed by atoms with Crippen LogP contribution in [-0.4, -0.2) is 15.0 Å². The van der Waals surface area contributed by atoms with Gasteiger partial charge in [0, 0.05) is 40.0 Å². The third kappa shape index (κ3) is 6.65. The molecule has 260 valence electrons. The number of fused-ring (bicyclic) bond motifs is 2. The standard InChI is InChI=1S/C52H37N3/c1-3-12-37-13-4-7-19-45(37)35(2)50-32-51(55-52(54-50)41-29-25-39(26-30-41)47-22-11-16-38-14-5-8-20-46(38)47)40-27-23-36(24-28-40)42-17-10-18-43(31-42)49-34-53-33-44-15-6-9-21-48(44)49/h3-34H,2H2,1H3/b12-3-. The van der Waals surface area contributed by atoms with Gasteiger partial charge >= 0.3 is 0 Å². The molecule has 7 aromatic carbocycles. The van der Waals surface area contributed by atoms with Crippen LogP contribution in [0.2, 0.25) is 0 Å². The molecule has 0 aliphatic carbocycles. The van der Waals surface area contributed by atoms with Crippen LogP contribution in [0.1, 0.15) is 23.7 Å². The molecule has 0 bridgehead atoms. The Kier molecular flexibility index (Phi) is 8.95. The predicted molar refractivity (Wildman–Crippen MR) is 231 cm³/mol. The molecule has 0 radical (unpaired) electrons. The molecule has 3 heteroatoms. The van der Waals surface area contributed by atoms with E-state index in [0.717, 1.165) is 72.4 Å². The summed E-state index contributed by atoms with van der Waals surface area (Å²) in [5.74, 6) is 0.655. The van der Waals surface area contributed by atoms with E-state index in [1.807, 2.05) is 25.4 Å². The van der Waals surface area contributed by atoms with Crippen molar-refractivity contribution in [1.29, 1.82) is 0 Å². The van der Waals surface area contributed by atoms with Crippen LogP contribution in [0.5, 0.6) is 0 Å². The highest BCUT2D eigenvalue weighted by atomic mass is 14.9. The molecule has 0 N–H and O–H groups in total. The maximum Gasteiger partial charge on any atom is 0.160 e. The van der Waals surface area contributed by atoms with Gasteiger partial charge in [-0.1, -0.05) is 176 Å². The first-order valence-electron chi connectivity index (χ1n) is 18.6. The first-order chi connectivity index (χ1) is 27.1. The van der Waals surface area contributed by atoms with Crippen molar-refractivity contribution in [3.63, 3.8) is 0 Å². The van der Waals surface area contributed by atoms with Gasteiger partial charge in [0.05, 0.1) is 11.4 Å². The van der Waals surface area contributed by atoms with E-state index in [0.29, 0.717) is 5.82 Å². The van der Waals surface area contributed by atoms with Crippen LogP contribution in [0, 0.1) is 0 Å². The number of rotatable bonds is 8. The molecule has 0 saturated carbocycles. The summed E-state index contributed by atoms with van der Waals surface area (Å²) >= 11 is 0. The molecule has 0 aliphatic heterocycles. The van der Waals surface area contributed by atoms with Gasteiger partial charge in [0.2, 0.25) is 0 Å². The minimum atomic E-state index is 0.655. The molecule has 0 saturated heterocycles. The highest BCUT2D eigenvalue weighted by Gasteiger charge is 2.15. The lowest BCUT2D eigenvalue weighted by Crippen LogP contribution is -2.00. The van der Waals surface area contributed by atoms with E-state index >= 15 is 0 Å². The second-order valence-corrected chi connectivity index (χ2v) is 13.7. The van der Waals surface area contributed by atoms with Gasteiger partial charge < -0.3 is 0 Å². The monoisotopic (exact) mass is 703 g/mol. The summed E-state index contributed by atoms with van der Waals surface area (Å²) in [6.45, 7) is 6.60. The summed E-state index contributed by atoms with van der Waals surface area (Å²) in [6.07, 6.45) is 8.04. The van der Waals surface area contributed by atoms with Gasteiger partial charge in [-0.3, -0.25) is 4.98 Å². The number of aromatic nitrogens is 3. The van der Waals surface area contributed by atoms with Crippen molar-refractivity contribution in [2.24, 2.45) is 0 Å². The quantitative estimate of drug-likeness (QED) is 0.158. The normalized spacial score (nSPS) is 11.4. The van der Waals surface area contributed by atoms with Crippen molar-refractivity contribution < 1.29 is 0 Å². The van der Waals surface area contributed by atoms with E-state index in [2.05, 4.69) is 188 Å². The first-order valence-corrected chi connectivity index (χ1v) is 18.6. The predicted octanol–water partition coefficient (Wildman–Crippen LogP) is 13.6. The topological polar surface area (TPSA) is 38.7 Å². The van der Waals surface area contributed by atoms with Crippen LogP contribution in [0.4, 0.5) is 0 Å². The van der Waals surface area contributed by atoms with Gasteiger partial charge in [-0.15, -0.1) is 0 Å². The summed E-state index contributed by atoms with van der Waals surface area (Å²) in [4.78, 5) is 14.8. The third-order valence-corrected chi connectivity index (χ3v) is 10.3. The van der Waals surface area contributed by atoms with Crippen molar-refractivity contribution in [1.82, 2.24) is 15.0 Å². The molecule has 0 unspecified atom stereocenters. The highest BCUT2D eigenvalue weighted by Crippen LogP contribution is 2.35. The Morgan fingerprint density at radius 3 is 1.95 bits per heavy atom. The maximum atomic E-state index is 5.17. The zero-order valence-electron chi connectivity index (χ0n) is 30.5. The number of allylic oxidation sites excluding steroid dienone is 1. The van der Waals surface area contributed by atoms with Crippen LogP contribution in [0.25, 0.3) is 89.2 Å². The van der Waals surface area contributed by atoms with E-state index in [1.165, 1.54) is 21.7 Å². The molecule has 9 rings (SSSR count). The maximum absolute atomic E-state index is 5.17. The lowest BCUT2D eigenvalue weighted by Gasteiger charge is -2.14. The second kappa shape index (κ2) is 14.7. The Morgan fingerprint density at radius 1 is 0.491 bits per heavy atom. The lowest BCUT2D eigenvalue weighted by molar-refractivity contribution is 1.15. The van der Waals surface area contributed by atoms with Crippen molar-refractivity contribution in [2.75, 3.05) is 0 Å². The fourth-order valence-electron chi connectivity index (χ4n) is 7.44. The average Bonchev–Trinajstić information content (AvgIpc) is 3.26. The van der Waals surface area contributed by atoms with Gasteiger partial charge in [0.25, 0.3) is 0 Å². The molecule has 0 amide bonds. The molecule has 2 heterocycles. The summed E-state index contributed by atoms with van der Waals surface area (Å²) < 4.78 is 0. The van der Waals surface area contributed by atoms with Crippen molar-refractivity contribution in [3.05, 3.63) is 212 Å². The zero-order valence-corrected chi connectivity index (χ0v) is 30.5. The van der Waals surface area contributed by atoms with Gasteiger partial charge in [-0.2, -0.15) is 0 Å². The summed E-state index contributed by atoms with van der Waals surface area (Å²) in [5, 5.41) is 4.78. The molecule has 55 heavy (non-hydrogen) atoms. The number of pyridine rings is 1. The summed E-state index contributed by atoms with van der Waals surface area (Å²) in [6, 6.07) is 59.6. The highest BCUT2D eigenvalue weighted by molar-refractivity contribution is 5.98. The Morgan fingerprint density at radius 2 is 1.13 bits per heavy atom. The number of hydrogen-bond donors (Lipinski definition) is 0. The minimum Gasteiger partial charge on any atom is -0.263 e. The first kappa shape index (κ1) is 33.6. The van der Waals surface area contributed by atoms with Gasteiger partial charge in [-0.05, 0) is 74.2 Å². The SMILES string of the molecule is C=C(c1cc(-c2ccc(-c3cccc(-c4cncc5ccccc45)c3)cc2)nc(-c2ccc(-c3cccc4ccccc34)cc2)n1)c1ccccc1/C=C\C. The summed E-state index contributed by atoms with van der Waals surface area (Å²) in [5.41, 5.74) is 13.4. The molecular weight excluding hydrogens is 667 g/mol. The molecule has 0 fully saturated rings. The van der Waals surface area contributed by atoms with Crippen LogP contribution in [0.3, 0.4) is 0 Å². The fraction of sp³-hybridized carbons (Fsp3) is 0.0192. The van der Waals surface area contributed by atoms with Gasteiger partial charge in [0.15, 0.2) is 5.82 Å². The number of nitrogens with zero attached hydrogens (tertiary/aromatic N) is 3. The molecule has 3 nitrogen and oxygen atoms in total. The molecule has 9 aromatic rings. The van der Waals surface area contributed by atoms with E-state index in [-0.39, 0.29) is 0 Å². The van der Waals surface area contributed by atoms with Gasteiger partial charge in [0.1, 0.15) is 0 Å². The number of hydrogen-bond acceptors (Lipinski definition) is 3. The van der Waals surface area contributed by atoms with Crippen molar-refractivity contribution in [2.45, 2.75) is 6.92 Å². The Hall–Kier alpha value is -7.23. The molecular formula is C52H37N3. The van der Waals surface area contributed by atoms with Crippen LogP contribution >= 0.6 is 0 Å². The second-order valence-electron chi connectivity index (χ2n) is 13.7. The zero-order chi connectivity index (χ0) is 37.1. The Bertz CT molecular complexity index is 2870. The Labute approximate surface area is 321 Å². The van der Waals surface area contributed by atoms with Crippen LogP contribution < -0.4 is 0 Å². The van der Waals surface area contributed by atoms with E-state index in [1.54, 1.807) is 0 Å². The number of benzene rings is 7. The van der Waals surface area contributed by atoms with Crippen LogP contribution in [0.15, 0.2) is 195 Å². The van der Waals surface area contributed by atoms with Crippen LogP contribution in [-0.2, 0) is 0 Å². The lowest BCUT2D eigenvalue weighted by atomic mass is 9.95. The summed E-state index contributed by atoms with van der Waals surface area (Å²) in [7, 11) is 0. The smallest absolute Gasteiger partial charge is 0.160 e.